The Balaban J connectivity index is 1.93. The summed E-state index contributed by atoms with van der Waals surface area (Å²) in [6, 6.07) is 14.0. The Kier molecular flexibility index (Phi) is 3.70. The first-order valence-electron chi connectivity index (χ1n) is 5.49. The molecule has 0 bridgehead atoms. The van der Waals surface area contributed by atoms with Crippen LogP contribution in [0, 0.1) is 11.6 Å². The topological polar surface area (TPSA) is 12.0 Å². The number of hydrogen-bond acceptors (Lipinski definition) is 1. The summed E-state index contributed by atoms with van der Waals surface area (Å²) in [7, 11) is 0. The van der Waals surface area contributed by atoms with Gasteiger partial charge in [0.15, 0.2) is 11.6 Å². The summed E-state index contributed by atoms with van der Waals surface area (Å²) in [5.74, 6) is -1.64. The second-order valence-electron chi connectivity index (χ2n) is 3.76. The molecular weight excluding hydrogens is 220 g/mol. The second-order valence-corrected chi connectivity index (χ2v) is 3.76. The fraction of sp³-hybridized carbons (Fsp3) is 0.143. The van der Waals surface area contributed by atoms with Gasteiger partial charge in [-0.2, -0.15) is 0 Å². The van der Waals surface area contributed by atoms with E-state index < -0.39 is 11.6 Å². The van der Waals surface area contributed by atoms with Gasteiger partial charge in [0.05, 0.1) is 5.69 Å². The molecule has 0 spiro atoms. The minimum absolute atomic E-state index is 0.209. The highest BCUT2D eigenvalue weighted by atomic mass is 19.2. The van der Waals surface area contributed by atoms with Crippen molar-refractivity contribution in [1.29, 1.82) is 0 Å². The zero-order chi connectivity index (χ0) is 12.1. The molecule has 0 fully saturated rings. The van der Waals surface area contributed by atoms with Crippen LogP contribution in [0.15, 0.2) is 48.5 Å². The molecule has 0 saturated carbocycles. The molecule has 0 atom stereocenters. The van der Waals surface area contributed by atoms with Crippen molar-refractivity contribution in [3.05, 3.63) is 65.7 Å². The Morgan fingerprint density at radius 1 is 0.882 bits per heavy atom. The van der Waals surface area contributed by atoms with Crippen molar-refractivity contribution < 1.29 is 8.78 Å². The molecule has 0 unspecified atom stereocenters. The maximum Gasteiger partial charge on any atom is 0.181 e. The third kappa shape index (κ3) is 3.03. The monoisotopic (exact) mass is 233 g/mol. The average molecular weight is 233 g/mol. The van der Waals surface area contributed by atoms with Gasteiger partial charge in [0, 0.05) is 6.54 Å². The summed E-state index contributed by atoms with van der Waals surface area (Å²) in [6.45, 7) is 0.574. The Morgan fingerprint density at radius 3 is 2.41 bits per heavy atom. The summed E-state index contributed by atoms with van der Waals surface area (Å²) in [6.07, 6.45) is 0.775. The Hall–Kier alpha value is -1.90. The first kappa shape index (κ1) is 11.6. The highest BCUT2D eigenvalue weighted by Crippen LogP contribution is 2.16. The molecule has 0 aliphatic rings. The fourth-order valence-electron chi connectivity index (χ4n) is 1.63. The van der Waals surface area contributed by atoms with Crippen LogP contribution in [0.3, 0.4) is 0 Å². The molecule has 0 heterocycles. The van der Waals surface area contributed by atoms with E-state index >= 15 is 0 Å². The van der Waals surface area contributed by atoms with Crippen molar-refractivity contribution in [2.45, 2.75) is 6.42 Å². The molecule has 2 aromatic carbocycles. The SMILES string of the molecule is Fc1cccc(NCCc2ccccc2)c1F. The van der Waals surface area contributed by atoms with E-state index in [1.54, 1.807) is 0 Å². The molecule has 0 saturated heterocycles. The molecule has 3 heteroatoms. The van der Waals surface area contributed by atoms with Crippen molar-refractivity contribution in [3.63, 3.8) is 0 Å². The molecule has 1 nitrogen and oxygen atoms in total. The maximum absolute atomic E-state index is 13.3. The third-order valence-corrected chi connectivity index (χ3v) is 2.52. The highest BCUT2D eigenvalue weighted by Gasteiger charge is 2.06. The number of rotatable bonds is 4. The minimum atomic E-state index is -0.824. The van der Waals surface area contributed by atoms with E-state index in [4.69, 9.17) is 0 Å². The predicted molar refractivity (Wildman–Crippen MR) is 65.0 cm³/mol. The van der Waals surface area contributed by atoms with Gasteiger partial charge in [0.1, 0.15) is 0 Å². The smallest absolute Gasteiger partial charge is 0.181 e. The van der Waals surface area contributed by atoms with Gasteiger partial charge in [-0.15, -0.1) is 0 Å². The molecule has 0 aliphatic heterocycles. The van der Waals surface area contributed by atoms with Crippen molar-refractivity contribution >= 4 is 5.69 Å². The Labute approximate surface area is 99.1 Å². The largest absolute Gasteiger partial charge is 0.382 e. The Bertz CT molecular complexity index is 483. The number of nitrogens with one attached hydrogen (secondary N) is 1. The first-order valence-corrected chi connectivity index (χ1v) is 5.49. The van der Waals surface area contributed by atoms with E-state index in [0.717, 1.165) is 18.1 Å². The Morgan fingerprint density at radius 2 is 1.65 bits per heavy atom. The standard InChI is InChI=1S/C14H13F2N/c15-12-7-4-8-13(14(12)16)17-10-9-11-5-2-1-3-6-11/h1-8,17H,9-10H2. The quantitative estimate of drug-likeness (QED) is 0.850. The van der Waals surface area contributed by atoms with Crippen LogP contribution in [0.4, 0.5) is 14.5 Å². The summed E-state index contributed by atoms with van der Waals surface area (Å²) in [4.78, 5) is 0. The second kappa shape index (κ2) is 5.43. The molecule has 88 valence electrons. The van der Waals surface area contributed by atoms with Crippen LogP contribution in [-0.4, -0.2) is 6.54 Å². The lowest BCUT2D eigenvalue weighted by Gasteiger charge is -2.07. The van der Waals surface area contributed by atoms with E-state index in [1.165, 1.54) is 12.1 Å². The van der Waals surface area contributed by atoms with Crippen LogP contribution in [0.5, 0.6) is 0 Å². The number of benzene rings is 2. The number of hydrogen-bond donors (Lipinski definition) is 1. The van der Waals surface area contributed by atoms with E-state index in [0.29, 0.717) is 6.54 Å². The first-order chi connectivity index (χ1) is 8.27. The normalized spacial score (nSPS) is 10.2. The zero-order valence-electron chi connectivity index (χ0n) is 9.29. The molecule has 2 aromatic rings. The lowest BCUT2D eigenvalue weighted by Crippen LogP contribution is -2.06. The number of halogens is 2. The zero-order valence-corrected chi connectivity index (χ0v) is 9.29. The van der Waals surface area contributed by atoms with Crippen molar-refractivity contribution in [2.75, 3.05) is 11.9 Å². The van der Waals surface area contributed by atoms with E-state index in [-0.39, 0.29) is 5.69 Å². The van der Waals surface area contributed by atoms with Crippen LogP contribution in [0.1, 0.15) is 5.56 Å². The lowest BCUT2D eigenvalue weighted by molar-refractivity contribution is 0.511. The van der Waals surface area contributed by atoms with Crippen molar-refractivity contribution in [1.82, 2.24) is 0 Å². The predicted octanol–water partition coefficient (Wildman–Crippen LogP) is 3.62. The van der Waals surface area contributed by atoms with E-state index in [2.05, 4.69) is 5.32 Å². The molecule has 0 aliphatic carbocycles. The van der Waals surface area contributed by atoms with Crippen molar-refractivity contribution in [2.24, 2.45) is 0 Å². The number of anilines is 1. The van der Waals surface area contributed by atoms with Crippen LogP contribution in [-0.2, 0) is 6.42 Å². The van der Waals surface area contributed by atoms with Gasteiger partial charge < -0.3 is 5.32 Å². The van der Waals surface area contributed by atoms with Crippen LogP contribution in [0.25, 0.3) is 0 Å². The van der Waals surface area contributed by atoms with E-state index in [1.807, 2.05) is 30.3 Å². The van der Waals surface area contributed by atoms with E-state index in [9.17, 15) is 8.78 Å². The molecule has 1 N–H and O–H groups in total. The van der Waals surface area contributed by atoms with Gasteiger partial charge >= 0.3 is 0 Å². The van der Waals surface area contributed by atoms with Gasteiger partial charge in [-0.3, -0.25) is 0 Å². The van der Waals surface area contributed by atoms with Crippen molar-refractivity contribution in [3.8, 4) is 0 Å². The lowest BCUT2D eigenvalue weighted by atomic mass is 10.1. The van der Waals surface area contributed by atoms with Gasteiger partial charge in [-0.05, 0) is 24.1 Å². The highest BCUT2D eigenvalue weighted by molar-refractivity contribution is 5.45. The molecule has 2 rings (SSSR count). The summed E-state index contributed by atoms with van der Waals surface area (Å²) < 4.78 is 26.2. The molecule has 0 radical (unpaired) electrons. The van der Waals surface area contributed by atoms with Crippen LogP contribution >= 0.6 is 0 Å². The minimum Gasteiger partial charge on any atom is -0.382 e. The third-order valence-electron chi connectivity index (χ3n) is 2.52. The van der Waals surface area contributed by atoms with Gasteiger partial charge in [0.25, 0.3) is 0 Å². The van der Waals surface area contributed by atoms with Crippen LogP contribution < -0.4 is 5.32 Å². The molecule has 0 amide bonds. The van der Waals surface area contributed by atoms with Gasteiger partial charge in [0.2, 0.25) is 0 Å². The van der Waals surface area contributed by atoms with Gasteiger partial charge in [-0.25, -0.2) is 8.78 Å². The molecular formula is C14H13F2N. The summed E-state index contributed by atoms with van der Waals surface area (Å²) >= 11 is 0. The van der Waals surface area contributed by atoms with Gasteiger partial charge in [-0.1, -0.05) is 36.4 Å². The molecule has 0 aromatic heterocycles. The molecule has 17 heavy (non-hydrogen) atoms. The van der Waals surface area contributed by atoms with Crippen LogP contribution in [0.2, 0.25) is 0 Å². The fourth-order valence-corrected chi connectivity index (χ4v) is 1.63. The maximum atomic E-state index is 13.3. The summed E-state index contributed by atoms with van der Waals surface area (Å²) in [5, 5.41) is 2.89. The average Bonchev–Trinajstić information content (AvgIpc) is 2.36. The summed E-state index contributed by atoms with van der Waals surface area (Å²) in [5.41, 5.74) is 1.37.